The molecule has 168 valence electrons. The zero-order valence-corrected chi connectivity index (χ0v) is 18.1. The van der Waals surface area contributed by atoms with Crippen molar-refractivity contribution < 1.29 is 19.2 Å². The van der Waals surface area contributed by atoms with Gasteiger partial charge in [-0.25, -0.2) is 0 Å². The molecule has 1 aliphatic carbocycles. The molecule has 0 aromatic heterocycles. The predicted octanol–water partition coefficient (Wildman–Crippen LogP) is 4.47. The van der Waals surface area contributed by atoms with Crippen molar-refractivity contribution in [1.29, 1.82) is 0 Å². The van der Waals surface area contributed by atoms with E-state index in [2.05, 4.69) is 5.32 Å². The maximum atomic E-state index is 13.0. The molecule has 1 unspecified atom stereocenters. The highest BCUT2D eigenvalue weighted by molar-refractivity contribution is 6.01. The number of nitro groups is 1. The summed E-state index contributed by atoms with van der Waals surface area (Å²) in [6.07, 6.45) is 6.15. The molecule has 1 saturated heterocycles. The Morgan fingerprint density at radius 3 is 2.44 bits per heavy atom. The summed E-state index contributed by atoms with van der Waals surface area (Å²) in [5.74, 6) is 0.265. The van der Waals surface area contributed by atoms with Crippen LogP contribution in [0.25, 0.3) is 0 Å². The van der Waals surface area contributed by atoms with Crippen LogP contribution in [0.5, 0.6) is 5.75 Å². The number of benzene rings is 2. The minimum absolute atomic E-state index is 0.0300. The van der Waals surface area contributed by atoms with Crippen LogP contribution in [0.15, 0.2) is 42.5 Å². The molecule has 0 spiro atoms. The predicted molar refractivity (Wildman–Crippen MR) is 120 cm³/mol. The molecule has 2 aromatic rings. The van der Waals surface area contributed by atoms with Gasteiger partial charge in [-0.1, -0.05) is 0 Å². The maximum absolute atomic E-state index is 13.0. The van der Waals surface area contributed by atoms with Crippen molar-refractivity contribution in [3.05, 3.63) is 63.7 Å². The molecule has 32 heavy (non-hydrogen) atoms. The molecule has 8 heteroatoms. The van der Waals surface area contributed by atoms with Crippen LogP contribution in [-0.2, 0) is 4.79 Å². The Hall–Kier alpha value is -3.42. The fourth-order valence-electron chi connectivity index (χ4n) is 4.48. The Balaban J connectivity index is 1.40. The number of nitro benzene ring substituents is 1. The maximum Gasteiger partial charge on any atom is 0.272 e. The van der Waals surface area contributed by atoms with E-state index < -0.39 is 11.0 Å². The van der Waals surface area contributed by atoms with Gasteiger partial charge in [0.2, 0.25) is 5.91 Å². The molecule has 2 aliphatic rings. The van der Waals surface area contributed by atoms with Gasteiger partial charge in [0.25, 0.3) is 11.6 Å². The highest BCUT2D eigenvalue weighted by Gasteiger charge is 2.35. The quantitative estimate of drug-likeness (QED) is 0.531. The summed E-state index contributed by atoms with van der Waals surface area (Å²) in [5, 5.41) is 13.9. The number of aryl methyl sites for hydroxylation is 1. The first kappa shape index (κ1) is 21.8. The number of likely N-dealkylation sites (tertiary alicyclic amines) is 1. The number of nitrogens with zero attached hydrogens (tertiary/aromatic N) is 2. The number of nitrogens with one attached hydrogen (secondary N) is 1. The summed E-state index contributed by atoms with van der Waals surface area (Å²) in [5.41, 5.74) is 1.39. The van der Waals surface area contributed by atoms with Gasteiger partial charge in [-0.05, 0) is 81.8 Å². The number of hydrogen-bond donors (Lipinski definition) is 1. The summed E-state index contributed by atoms with van der Waals surface area (Å²) in [4.78, 5) is 38.0. The van der Waals surface area contributed by atoms with Crippen molar-refractivity contribution in [3.8, 4) is 5.75 Å². The number of rotatable bonds is 6. The van der Waals surface area contributed by atoms with Gasteiger partial charge in [-0.2, -0.15) is 0 Å². The molecule has 8 nitrogen and oxygen atoms in total. The Bertz CT molecular complexity index is 1010. The van der Waals surface area contributed by atoms with Crippen molar-refractivity contribution in [2.24, 2.45) is 0 Å². The van der Waals surface area contributed by atoms with Crippen molar-refractivity contribution in [3.63, 3.8) is 0 Å². The molecule has 2 fully saturated rings. The highest BCUT2D eigenvalue weighted by atomic mass is 16.6. The van der Waals surface area contributed by atoms with Gasteiger partial charge in [-0.3, -0.25) is 19.7 Å². The summed E-state index contributed by atoms with van der Waals surface area (Å²) < 4.78 is 5.96. The van der Waals surface area contributed by atoms with E-state index in [1.165, 1.54) is 31.0 Å². The van der Waals surface area contributed by atoms with Gasteiger partial charge in [0.05, 0.1) is 11.0 Å². The number of ether oxygens (including phenoxy) is 1. The lowest BCUT2D eigenvalue weighted by Crippen LogP contribution is -2.43. The van der Waals surface area contributed by atoms with E-state index in [1.54, 1.807) is 11.8 Å². The third-order valence-corrected chi connectivity index (χ3v) is 6.18. The molecule has 1 saturated carbocycles. The lowest BCUT2D eigenvalue weighted by atomic mass is 10.1. The third-order valence-electron chi connectivity index (χ3n) is 6.18. The monoisotopic (exact) mass is 437 g/mol. The smallest absolute Gasteiger partial charge is 0.272 e. The first-order valence-corrected chi connectivity index (χ1v) is 11.1. The van der Waals surface area contributed by atoms with Crippen LogP contribution in [0.4, 0.5) is 11.4 Å². The number of anilines is 1. The molecule has 4 rings (SSSR count). The van der Waals surface area contributed by atoms with Crippen LogP contribution in [0.3, 0.4) is 0 Å². The molecule has 2 amide bonds. The Labute approximate surface area is 186 Å². The number of carbonyl (C=O) groups excluding carboxylic acids is 2. The standard InChI is InChI=1S/C24H27N3O5/c1-16-15-17(8-13-21(16)27(30)31)24(29)26-14-4-7-22(26)23(28)25-18-9-11-20(12-10-18)32-19-5-2-3-6-19/h8-13,15,19,22H,2-7,14H2,1H3,(H,25,28). The molecule has 1 heterocycles. The minimum atomic E-state index is -0.576. The lowest BCUT2D eigenvalue weighted by molar-refractivity contribution is -0.385. The van der Waals surface area contributed by atoms with Crippen molar-refractivity contribution in [2.45, 2.75) is 57.6 Å². The third kappa shape index (κ3) is 4.74. The summed E-state index contributed by atoms with van der Waals surface area (Å²) >= 11 is 0. The van der Waals surface area contributed by atoms with Crippen LogP contribution in [0.1, 0.15) is 54.4 Å². The van der Waals surface area contributed by atoms with Crippen LogP contribution in [0, 0.1) is 17.0 Å². The Morgan fingerprint density at radius 2 is 1.78 bits per heavy atom. The van der Waals surface area contributed by atoms with Gasteiger partial charge in [0.1, 0.15) is 11.8 Å². The van der Waals surface area contributed by atoms with Crippen LogP contribution in [-0.4, -0.2) is 40.3 Å². The van der Waals surface area contributed by atoms with Gasteiger partial charge < -0.3 is 15.0 Å². The minimum Gasteiger partial charge on any atom is -0.490 e. The van der Waals surface area contributed by atoms with E-state index in [4.69, 9.17) is 4.74 Å². The lowest BCUT2D eigenvalue weighted by Gasteiger charge is -2.24. The van der Waals surface area contributed by atoms with Crippen LogP contribution < -0.4 is 10.1 Å². The molecule has 0 bridgehead atoms. The van der Waals surface area contributed by atoms with E-state index in [-0.39, 0.29) is 23.6 Å². The van der Waals surface area contributed by atoms with E-state index in [9.17, 15) is 19.7 Å². The molecule has 0 radical (unpaired) electrons. The Kier molecular flexibility index (Phi) is 6.39. The van der Waals surface area contributed by atoms with Crippen LogP contribution in [0.2, 0.25) is 0 Å². The molecule has 1 aliphatic heterocycles. The van der Waals surface area contributed by atoms with E-state index >= 15 is 0 Å². The van der Waals surface area contributed by atoms with Crippen molar-refractivity contribution in [1.82, 2.24) is 4.90 Å². The average Bonchev–Trinajstić information content (AvgIpc) is 3.46. The molecule has 1 atom stereocenters. The molecule has 1 N–H and O–H groups in total. The first-order chi connectivity index (χ1) is 15.4. The number of amides is 2. The highest BCUT2D eigenvalue weighted by Crippen LogP contribution is 2.27. The van der Waals surface area contributed by atoms with Gasteiger partial charge in [-0.15, -0.1) is 0 Å². The van der Waals surface area contributed by atoms with Gasteiger partial charge in [0, 0.05) is 29.4 Å². The number of hydrogen-bond acceptors (Lipinski definition) is 5. The molecular formula is C24H27N3O5. The Morgan fingerprint density at radius 1 is 1.06 bits per heavy atom. The SMILES string of the molecule is Cc1cc(C(=O)N2CCCC2C(=O)Nc2ccc(OC3CCCC3)cc2)ccc1[N+](=O)[O-]. The van der Waals surface area contributed by atoms with Gasteiger partial charge in [0.15, 0.2) is 0 Å². The number of carbonyl (C=O) groups is 2. The summed E-state index contributed by atoms with van der Waals surface area (Å²) in [6, 6.07) is 11.0. The topological polar surface area (TPSA) is 102 Å². The zero-order chi connectivity index (χ0) is 22.7. The van der Waals surface area contributed by atoms with Crippen molar-refractivity contribution in [2.75, 3.05) is 11.9 Å². The van der Waals surface area contributed by atoms with Gasteiger partial charge >= 0.3 is 0 Å². The fourth-order valence-corrected chi connectivity index (χ4v) is 4.48. The van der Waals surface area contributed by atoms with E-state index in [0.717, 1.165) is 25.0 Å². The second-order valence-corrected chi connectivity index (χ2v) is 8.45. The summed E-state index contributed by atoms with van der Waals surface area (Å²) in [6.45, 7) is 2.07. The second kappa shape index (κ2) is 9.38. The zero-order valence-electron chi connectivity index (χ0n) is 18.1. The molecule has 2 aromatic carbocycles. The normalized spacial score (nSPS) is 18.5. The van der Waals surface area contributed by atoms with E-state index in [1.807, 2.05) is 24.3 Å². The average molecular weight is 437 g/mol. The first-order valence-electron chi connectivity index (χ1n) is 11.1. The van der Waals surface area contributed by atoms with Crippen molar-refractivity contribution >= 4 is 23.2 Å². The summed E-state index contributed by atoms with van der Waals surface area (Å²) in [7, 11) is 0. The second-order valence-electron chi connectivity index (χ2n) is 8.45. The van der Waals surface area contributed by atoms with E-state index in [0.29, 0.717) is 29.8 Å². The fraction of sp³-hybridized carbons (Fsp3) is 0.417. The van der Waals surface area contributed by atoms with Crippen LogP contribution >= 0.6 is 0 Å². The molecular weight excluding hydrogens is 410 g/mol. The largest absolute Gasteiger partial charge is 0.490 e.